The molecule has 0 saturated carbocycles. The number of rotatable bonds is 6. The summed E-state index contributed by atoms with van der Waals surface area (Å²) >= 11 is 0. The van der Waals surface area contributed by atoms with Crippen molar-refractivity contribution in [3.05, 3.63) is 48.3 Å². The van der Waals surface area contributed by atoms with E-state index in [1.165, 1.54) is 6.20 Å². The number of nitrogens with zero attached hydrogens (tertiary/aromatic N) is 1. The third-order valence-corrected chi connectivity index (χ3v) is 4.46. The largest absolute Gasteiger partial charge is 0.384 e. The van der Waals surface area contributed by atoms with Crippen molar-refractivity contribution in [1.29, 1.82) is 0 Å². The maximum absolute atomic E-state index is 12.5. The molecule has 21 heavy (non-hydrogen) atoms. The van der Waals surface area contributed by atoms with Crippen molar-refractivity contribution in [3.8, 4) is 0 Å². The Kier molecular flexibility index (Phi) is 4.80. The molecular weight excluding hydrogens is 286 g/mol. The van der Waals surface area contributed by atoms with Crippen LogP contribution in [0, 0.1) is 0 Å². The van der Waals surface area contributed by atoms with E-state index in [-0.39, 0.29) is 4.90 Å². The van der Waals surface area contributed by atoms with Gasteiger partial charge < -0.3 is 5.32 Å². The Morgan fingerprint density at radius 3 is 2.43 bits per heavy atom. The van der Waals surface area contributed by atoms with Crippen LogP contribution in [-0.2, 0) is 16.4 Å². The van der Waals surface area contributed by atoms with Crippen molar-refractivity contribution < 1.29 is 8.42 Å². The molecule has 6 heteroatoms. The third kappa shape index (κ3) is 3.72. The normalized spacial score (nSPS) is 11.1. The molecule has 5 nitrogen and oxygen atoms in total. The first-order valence-electron chi connectivity index (χ1n) is 6.86. The summed E-state index contributed by atoms with van der Waals surface area (Å²) in [4.78, 5) is 4.05. The van der Waals surface area contributed by atoms with Gasteiger partial charge in [-0.15, -0.1) is 0 Å². The monoisotopic (exact) mass is 305 g/mol. The van der Waals surface area contributed by atoms with Gasteiger partial charge in [-0.25, -0.2) is 8.42 Å². The fourth-order valence-corrected chi connectivity index (χ4v) is 3.13. The molecule has 2 rings (SSSR count). The molecule has 0 fully saturated rings. The summed E-state index contributed by atoms with van der Waals surface area (Å²) in [6, 6.07) is 9.00. The van der Waals surface area contributed by atoms with Crippen LogP contribution in [-0.4, -0.2) is 19.9 Å². The Morgan fingerprint density at radius 1 is 1.10 bits per heavy atom. The summed E-state index contributed by atoms with van der Waals surface area (Å²) in [5.74, 6) is 0. The van der Waals surface area contributed by atoms with Crippen LogP contribution in [0.2, 0.25) is 0 Å². The average Bonchev–Trinajstić information content (AvgIpc) is 2.48. The molecular formula is C15H19N3O2S. The molecule has 2 N–H and O–H groups in total. The van der Waals surface area contributed by atoms with Crippen LogP contribution in [0.1, 0.15) is 19.4 Å². The molecule has 0 bridgehead atoms. The topological polar surface area (TPSA) is 71.1 Å². The quantitative estimate of drug-likeness (QED) is 0.861. The second-order valence-electron chi connectivity index (χ2n) is 4.56. The summed E-state index contributed by atoms with van der Waals surface area (Å²) in [5.41, 5.74) is 2.25. The Hall–Kier alpha value is -2.08. The molecule has 0 amide bonds. The SMILES string of the molecule is CCNc1ccncc1S(=O)(=O)Nc1ccc(CC)cc1. The molecule has 0 saturated heterocycles. The minimum absolute atomic E-state index is 0.145. The number of pyridine rings is 1. The van der Waals surface area contributed by atoms with Crippen LogP contribution in [0.25, 0.3) is 0 Å². The number of aryl methyl sites for hydroxylation is 1. The number of sulfonamides is 1. The van der Waals surface area contributed by atoms with Gasteiger partial charge in [-0.3, -0.25) is 9.71 Å². The lowest BCUT2D eigenvalue weighted by Crippen LogP contribution is -2.15. The summed E-state index contributed by atoms with van der Waals surface area (Å²) in [7, 11) is -3.66. The van der Waals surface area contributed by atoms with E-state index in [0.29, 0.717) is 17.9 Å². The van der Waals surface area contributed by atoms with Gasteiger partial charge in [-0.2, -0.15) is 0 Å². The zero-order valence-corrected chi connectivity index (χ0v) is 12.9. The van der Waals surface area contributed by atoms with E-state index < -0.39 is 10.0 Å². The molecule has 0 unspecified atom stereocenters. The number of hydrogen-bond acceptors (Lipinski definition) is 4. The fraction of sp³-hybridized carbons (Fsp3) is 0.267. The Bertz CT molecular complexity index is 697. The van der Waals surface area contributed by atoms with Gasteiger partial charge in [0.2, 0.25) is 0 Å². The minimum atomic E-state index is -3.66. The van der Waals surface area contributed by atoms with Crippen molar-refractivity contribution in [2.75, 3.05) is 16.6 Å². The predicted molar refractivity (Wildman–Crippen MR) is 85.0 cm³/mol. The highest BCUT2D eigenvalue weighted by molar-refractivity contribution is 7.92. The van der Waals surface area contributed by atoms with E-state index in [0.717, 1.165) is 12.0 Å². The van der Waals surface area contributed by atoms with Crippen molar-refractivity contribution >= 4 is 21.4 Å². The lowest BCUT2D eigenvalue weighted by molar-refractivity contribution is 0.601. The molecule has 2 aromatic rings. The number of nitrogens with one attached hydrogen (secondary N) is 2. The Morgan fingerprint density at radius 2 is 1.81 bits per heavy atom. The summed E-state index contributed by atoms with van der Waals surface area (Å²) in [6.07, 6.45) is 3.83. The molecule has 1 aromatic carbocycles. The molecule has 0 aliphatic heterocycles. The second kappa shape index (κ2) is 6.58. The molecule has 1 heterocycles. The van der Waals surface area contributed by atoms with E-state index in [1.807, 2.05) is 19.1 Å². The zero-order valence-electron chi connectivity index (χ0n) is 12.1. The molecule has 0 spiro atoms. The molecule has 0 aliphatic carbocycles. The molecule has 0 radical (unpaired) electrons. The summed E-state index contributed by atoms with van der Waals surface area (Å²) < 4.78 is 27.5. The molecule has 112 valence electrons. The van der Waals surface area contributed by atoms with Crippen molar-refractivity contribution in [2.45, 2.75) is 25.2 Å². The van der Waals surface area contributed by atoms with Crippen LogP contribution in [0.4, 0.5) is 11.4 Å². The van der Waals surface area contributed by atoms with Crippen LogP contribution in [0.3, 0.4) is 0 Å². The van der Waals surface area contributed by atoms with E-state index in [2.05, 4.69) is 21.9 Å². The van der Waals surface area contributed by atoms with Crippen LogP contribution >= 0.6 is 0 Å². The van der Waals surface area contributed by atoms with Gasteiger partial charge in [-0.1, -0.05) is 19.1 Å². The summed E-state index contributed by atoms with van der Waals surface area (Å²) in [6.45, 7) is 4.60. The summed E-state index contributed by atoms with van der Waals surface area (Å²) in [5, 5.41) is 3.03. The smallest absolute Gasteiger partial charge is 0.265 e. The van der Waals surface area contributed by atoms with Gasteiger partial charge in [0, 0.05) is 24.6 Å². The number of anilines is 2. The highest BCUT2D eigenvalue weighted by atomic mass is 32.2. The molecule has 0 aliphatic rings. The van der Waals surface area contributed by atoms with Crippen LogP contribution in [0.5, 0.6) is 0 Å². The highest BCUT2D eigenvalue weighted by Crippen LogP contribution is 2.22. The van der Waals surface area contributed by atoms with Gasteiger partial charge in [0.15, 0.2) is 0 Å². The van der Waals surface area contributed by atoms with Crippen molar-refractivity contribution in [1.82, 2.24) is 4.98 Å². The fourth-order valence-electron chi connectivity index (χ4n) is 1.95. The van der Waals surface area contributed by atoms with Gasteiger partial charge in [-0.05, 0) is 37.1 Å². The lowest BCUT2D eigenvalue weighted by atomic mass is 10.2. The zero-order chi connectivity index (χ0) is 15.3. The number of hydrogen-bond donors (Lipinski definition) is 2. The van der Waals surface area contributed by atoms with Gasteiger partial charge in [0.25, 0.3) is 10.0 Å². The Labute approximate surface area is 125 Å². The van der Waals surface area contributed by atoms with Crippen molar-refractivity contribution in [2.24, 2.45) is 0 Å². The first-order valence-corrected chi connectivity index (χ1v) is 8.34. The maximum Gasteiger partial charge on any atom is 0.265 e. The third-order valence-electron chi connectivity index (χ3n) is 3.06. The van der Waals surface area contributed by atoms with E-state index in [4.69, 9.17) is 0 Å². The predicted octanol–water partition coefficient (Wildman–Crippen LogP) is 2.88. The van der Waals surface area contributed by atoms with Gasteiger partial charge >= 0.3 is 0 Å². The standard InChI is InChI=1S/C15H19N3O2S/c1-3-12-5-7-13(8-6-12)18-21(19,20)15-11-16-10-9-14(15)17-4-2/h5-11,18H,3-4H2,1-2H3,(H,16,17). The first kappa shape index (κ1) is 15.3. The Balaban J connectivity index is 2.29. The lowest BCUT2D eigenvalue weighted by Gasteiger charge is -2.12. The van der Waals surface area contributed by atoms with E-state index >= 15 is 0 Å². The number of benzene rings is 1. The maximum atomic E-state index is 12.5. The second-order valence-corrected chi connectivity index (χ2v) is 6.21. The van der Waals surface area contributed by atoms with Gasteiger partial charge in [0.05, 0.1) is 5.69 Å². The first-order chi connectivity index (χ1) is 10.1. The van der Waals surface area contributed by atoms with Gasteiger partial charge in [0.1, 0.15) is 4.90 Å². The highest BCUT2D eigenvalue weighted by Gasteiger charge is 2.18. The van der Waals surface area contributed by atoms with Crippen molar-refractivity contribution in [3.63, 3.8) is 0 Å². The number of aromatic nitrogens is 1. The minimum Gasteiger partial charge on any atom is -0.384 e. The molecule has 0 atom stereocenters. The van der Waals surface area contributed by atoms with E-state index in [9.17, 15) is 8.42 Å². The van der Waals surface area contributed by atoms with Crippen LogP contribution in [0.15, 0.2) is 47.6 Å². The van der Waals surface area contributed by atoms with E-state index in [1.54, 1.807) is 24.4 Å². The molecule has 1 aromatic heterocycles. The average molecular weight is 305 g/mol. The van der Waals surface area contributed by atoms with Crippen LogP contribution < -0.4 is 10.0 Å².